The minimum atomic E-state index is 0.249. The summed E-state index contributed by atoms with van der Waals surface area (Å²) in [5.41, 5.74) is 7.74. The number of ether oxygens (including phenoxy) is 1. The van der Waals surface area contributed by atoms with Crippen LogP contribution in [-0.4, -0.2) is 12.1 Å². The third kappa shape index (κ3) is 2.14. The van der Waals surface area contributed by atoms with Crippen LogP contribution in [0.5, 0.6) is 5.75 Å². The van der Waals surface area contributed by atoms with Crippen molar-refractivity contribution in [3.8, 4) is 5.75 Å². The second kappa shape index (κ2) is 4.58. The first-order valence-corrected chi connectivity index (χ1v) is 7.23. The third-order valence-corrected chi connectivity index (χ3v) is 4.69. The molecule has 0 amide bonds. The Kier molecular flexibility index (Phi) is 3.06. The summed E-state index contributed by atoms with van der Waals surface area (Å²) in [6, 6.07) is 8.91. The van der Waals surface area contributed by atoms with E-state index in [0.29, 0.717) is 6.10 Å². The Morgan fingerprint density at radius 1 is 1.17 bits per heavy atom. The molecule has 2 nitrogen and oxygen atoms in total. The largest absolute Gasteiger partial charge is 0.490 e. The molecule has 2 aliphatic rings. The Hall–Kier alpha value is -1.02. The molecule has 0 saturated heterocycles. The zero-order chi connectivity index (χ0) is 12.6. The summed E-state index contributed by atoms with van der Waals surface area (Å²) >= 11 is 0. The van der Waals surface area contributed by atoms with Crippen LogP contribution in [0, 0.1) is 0 Å². The third-order valence-electron chi connectivity index (χ3n) is 4.69. The van der Waals surface area contributed by atoms with Crippen LogP contribution in [-0.2, 0) is 5.41 Å². The van der Waals surface area contributed by atoms with Crippen molar-refractivity contribution < 1.29 is 4.74 Å². The minimum absolute atomic E-state index is 0.249. The SMILES string of the molecule is CC(N)C1(c2ccc(OC3CCCC3)cc2)CC1. The molecule has 18 heavy (non-hydrogen) atoms. The molecule has 2 aliphatic carbocycles. The van der Waals surface area contributed by atoms with Gasteiger partial charge in [-0.3, -0.25) is 0 Å². The fourth-order valence-corrected chi connectivity index (χ4v) is 3.21. The summed E-state index contributed by atoms with van der Waals surface area (Å²) < 4.78 is 5.99. The molecule has 0 radical (unpaired) electrons. The molecule has 3 rings (SSSR count). The molecule has 0 bridgehead atoms. The molecule has 0 spiro atoms. The van der Waals surface area contributed by atoms with Gasteiger partial charge in [0.1, 0.15) is 5.75 Å². The average molecular weight is 245 g/mol. The van der Waals surface area contributed by atoms with E-state index in [1.807, 2.05) is 0 Å². The van der Waals surface area contributed by atoms with Gasteiger partial charge in [-0.2, -0.15) is 0 Å². The quantitative estimate of drug-likeness (QED) is 0.882. The number of hydrogen-bond acceptors (Lipinski definition) is 2. The van der Waals surface area contributed by atoms with E-state index in [0.717, 1.165) is 5.75 Å². The van der Waals surface area contributed by atoms with Crippen LogP contribution in [0.15, 0.2) is 24.3 Å². The lowest BCUT2D eigenvalue weighted by atomic mass is 9.89. The van der Waals surface area contributed by atoms with E-state index in [2.05, 4.69) is 31.2 Å². The van der Waals surface area contributed by atoms with Crippen LogP contribution < -0.4 is 10.5 Å². The lowest BCUT2D eigenvalue weighted by Gasteiger charge is -2.21. The standard InChI is InChI=1S/C16H23NO/c1-12(17)16(10-11-16)13-6-8-15(9-7-13)18-14-4-2-3-5-14/h6-9,12,14H,2-5,10-11,17H2,1H3. The van der Waals surface area contributed by atoms with Crippen LogP contribution in [0.1, 0.15) is 51.0 Å². The second-order valence-corrected chi connectivity index (χ2v) is 5.99. The molecule has 2 fully saturated rings. The van der Waals surface area contributed by atoms with Crippen LogP contribution in [0.2, 0.25) is 0 Å². The predicted molar refractivity (Wildman–Crippen MR) is 73.9 cm³/mol. The first-order valence-electron chi connectivity index (χ1n) is 7.23. The number of nitrogens with two attached hydrogens (primary N) is 1. The Labute approximate surface area is 110 Å². The lowest BCUT2D eigenvalue weighted by Crippen LogP contribution is -2.31. The fourth-order valence-electron chi connectivity index (χ4n) is 3.21. The molecule has 0 aromatic heterocycles. The van der Waals surface area contributed by atoms with Gasteiger partial charge in [-0.15, -0.1) is 0 Å². The van der Waals surface area contributed by atoms with Gasteiger partial charge in [0.25, 0.3) is 0 Å². The molecule has 0 heterocycles. The average Bonchev–Trinajstić information content (AvgIpc) is 3.04. The van der Waals surface area contributed by atoms with Crippen molar-refractivity contribution in [1.82, 2.24) is 0 Å². The molecule has 2 heteroatoms. The van der Waals surface area contributed by atoms with Crippen molar-refractivity contribution in [3.05, 3.63) is 29.8 Å². The smallest absolute Gasteiger partial charge is 0.119 e. The van der Waals surface area contributed by atoms with Gasteiger partial charge >= 0.3 is 0 Å². The zero-order valence-corrected chi connectivity index (χ0v) is 11.2. The molecule has 1 aromatic carbocycles. The maximum Gasteiger partial charge on any atom is 0.119 e. The highest BCUT2D eigenvalue weighted by Gasteiger charge is 2.47. The second-order valence-electron chi connectivity index (χ2n) is 5.99. The van der Waals surface area contributed by atoms with Gasteiger partial charge in [-0.25, -0.2) is 0 Å². The molecule has 1 unspecified atom stereocenters. The molecule has 1 aromatic rings. The zero-order valence-electron chi connectivity index (χ0n) is 11.2. The van der Waals surface area contributed by atoms with E-state index >= 15 is 0 Å². The molecule has 2 saturated carbocycles. The van der Waals surface area contributed by atoms with E-state index in [1.165, 1.54) is 44.1 Å². The number of hydrogen-bond donors (Lipinski definition) is 1. The van der Waals surface area contributed by atoms with Gasteiger partial charge in [-0.1, -0.05) is 12.1 Å². The van der Waals surface area contributed by atoms with Crippen molar-refractivity contribution in [2.45, 2.75) is 63.0 Å². The predicted octanol–water partition coefficient (Wildman–Crippen LogP) is 3.39. The highest BCUT2D eigenvalue weighted by molar-refractivity contribution is 5.37. The van der Waals surface area contributed by atoms with Crippen molar-refractivity contribution in [3.63, 3.8) is 0 Å². The summed E-state index contributed by atoms with van der Waals surface area (Å²) in [7, 11) is 0. The normalized spacial score (nSPS) is 23.9. The van der Waals surface area contributed by atoms with Crippen molar-refractivity contribution in [2.24, 2.45) is 5.73 Å². The maximum atomic E-state index is 6.10. The van der Waals surface area contributed by atoms with Crippen LogP contribution in [0.3, 0.4) is 0 Å². The summed E-state index contributed by atoms with van der Waals surface area (Å²) in [6.07, 6.45) is 7.96. The van der Waals surface area contributed by atoms with Crippen molar-refractivity contribution in [1.29, 1.82) is 0 Å². The summed E-state index contributed by atoms with van der Waals surface area (Å²) in [5, 5.41) is 0. The summed E-state index contributed by atoms with van der Waals surface area (Å²) in [5.74, 6) is 1.02. The first-order chi connectivity index (χ1) is 8.71. The van der Waals surface area contributed by atoms with Crippen molar-refractivity contribution >= 4 is 0 Å². The Balaban J connectivity index is 1.69. The van der Waals surface area contributed by atoms with E-state index < -0.39 is 0 Å². The van der Waals surface area contributed by atoms with Crippen LogP contribution in [0.4, 0.5) is 0 Å². The summed E-state index contributed by atoms with van der Waals surface area (Å²) in [6.45, 7) is 2.12. The molecule has 1 atom stereocenters. The monoisotopic (exact) mass is 245 g/mol. The molecule has 0 aliphatic heterocycles. The maximum absolute atomic E-state index is 6.10. The highest BCUT2D eigenvalue weighted by Crippen LogP contribution is 2.50. The van der Waals surface area contributed by atoms with Gasteiger partial charge < -0.3 is 10.5 Å². The molecule has 98 valence electrons. The minimum Gasteiger partial charge on any atom is -0.490 e. The topological polar surface area (TPSA) is 35.2 Å². The van der Waals surface area contributed by atoms with E-state index in [-0.39, 0.29) is 11.5 Å². The Bertz CT molecular complexity index is 400. The highest BCUT2D eigenvalue weighted by atomic mass is 16.5. The summed E-state index contributed by atoms with van der Waals surface area (Å²) in [4.78, 5) is 0. The molecular weight excluding hydrogens is 222 g/mol. The van der Waals surface area contributed by atoms with Gasteiger partial charge in [-0.05, 0) is 63.1 Å². The van der Waals surface area contributed by atoms with E-state index in [9.17, 15) is 0 Å². The molecule has 2 N–H and O–H groups in total. The molecular formula is C16H23NO. The van der Waals surface area contributed by atoms with Crippen molar-refractivity contribution in [2.75, 3.05) is 0 Å². The van der Waals surface area contributed by atoms with Crippen LogP contribution >= 0.6 is 0 Å². The van der Waals surface area contributed by atoms with Gasteiger partial charge in [0.05, 0.1) is 6.10 Å². The van der Waals surface area contributed by atoms with Gasteiger partial charge in [0.15, 0.2) is 0 Å². The van der Waals surface area contributed by atoms with Crippen LogP contribution in [0.25, 0.3) is 0 Å². The number of rotatable bonds is 4. The Morgan fingerprint density at radius 2 is 1.78 bits per heavy atom. The Morgan fingerprint density at radius 3 is 2.28 bits per heavy atom. The first kappa shape index (κ1) is 12.0. The van der Waals surface area contributed by atoms with E-state index in [4.69, 9.17) is 10.5 Å². The fraction of sp³-hybridized carbons (Fsp3) is 0.625. The number of benzene rings is 1. The van der Waals surface area contributed by atoms with Gasteiger partial charge in [0.2, 0.25) is 0 Å². The van der Waals surface area contributed by atoms with Gasteiger partial charge in [0, 0.05) is 11.5 Å². The lowest BCUT2D eigenvalue weighted by molar-refractivity contribution is 0.210. The van der Waals surface area contributed by atoms with E-state index in [1.54, 1.807) is 0 Å².